The van der Waals surface area contributed by atoms with Gasteiger partial charge in [0.1, 0.15) is 6.54 Å². The average Bonchev–Trinajstić information content (AvgIpc) is 3.57. The second kappa shape index (κ2) is 10.0. The Bertz CT molecular complexity index is 926. The number of halogens is 3. The summed E-state index contributed by atoms with van der Waals surface area (Å²) in [7, 11) is 4.28. The first-order valence-electron chi connectivity index (χ1n) is 11.6. The van der Waals surface area contributed by atoms with Crippen molar-refractivity contribution in [3.8, 4) is 0 Å². The first-order valence-corrected chi connectivity index (χ1v) is 11.6. The fraction of sp³-hybridized carbons (Fsp3) is 0.625. The van der Waals surface area contributed by atoms with Gasteiger partial charge in [0.15, 0.2) is 0 Å². The van der Waals surface area contributed by atoms with E-state index in [4.69, 9.17) is 9.90 Å². The molecule has 8 nitrogen and oxygen atoms in total. The summed E-state index contributed by atoms with van der Waals surface area (Å²) < 4.78 is 31.7. The summed E-state index contributed by atoms with van der Waals surface area (Å²) in [5.41, 5.74) is 1.08. The minimum absolute atomic E-state index is 0.0268. The number of nitrogens with zero attached hydrogens (tertiary/aromatic N) is 3. The molecule has 0 bridgehead atoms. The maximum Gasteiger partial charge on any atom is 0.490 e. The van der Waals surface area contributed by atoms with Gasteiger partial charge in [0.25, 0.3) is 0 Å². The summed E-state index contributed by atoms with van der Waals surface area (Å²) in [4.78, 5) is 39.1. The van der Waals surface area contributed by atoms with Crippen LogP contribution in [0.5, 0.6) is 0 Å². The number of alkyl halides is 3. The van der Waals surface area contributed by atoms with E-state index in [9.17, 15) is 27.9 Å². The van der Waals surface area contributed by atoms with Gasteiger partial charge in [-0.25, -0.2) is 9.59 Å². The molecular weight excluding hydrogens is 467 g/mol. The second-order valence-electron chi connectivity index (χ2n) is 9.91. The van der Waals surface area contributed by atoms with Crippen LogP contribution >= 0.6 is 0 Å². The highest BCUT2D eigenvalue weighted by Crippen LogP contribution is 2.49. The zero-order chi connectivity index (χ0) is 26.0. The van der Waals surface area contributed by atoms with Gasteiger partial charge >= 0.3 is 24.1 Å². The third-order valence-corrected chi connectivity index (χ3v) is 7.44. The molecule has 194 valence electrons. The number of rotatable bonds is 6. The van der Waals surface area contributed by atoms with Crippen LogP contribution in [-0.2, 0) is 15.1 Å². The van der Waals surface area contributed by atoms with Crippen molar-refractivity contribution < 1.29 is 37.8 Å². The smallest absolute Gasteiger partial charge is 0.480 e. The van der Waals surface area contributed by atoms with Crippen LogP contribution in [0.4, 0.5) is 18.0 Å². The van der Waals surface area contributed by atoms with Crippen molar-refractivity contribution in [2.75, 3.05) is 33.7 Å². The van der Waals surface area contributed by atoms with Crippen LogP contribution in [0, 0.1) is 5.92 Å². The van der Waals surface area contributed by atoms with Crippen molar-refractivity contribution in [2.24, 2.45) is 5.92 Å². The van der Waals surface area contributed by atoms with Crippen LogP contribution in [0.1, 0.15) is 44.1 Å². The molecule has 0 aromatic heterocycles. The highest BCUT2D eigenvalue weighted by Gasteiger charge is 2.55. The van der Waals surface area contributed by atoms with Gasteiger partial charge in [-0.05, 0) is 64.1 Å². The molecule has 1 aromatic rings. The SMILES string of the molecule is CN(C)C1(c2ccccc2)CCC2(CC1)CN(CC(=O)O)C(=O)N2CC1CC1.O=C(O)C(F)(F)F. The number of aliphatic carboxylic acids is 2. The van der Waals surface area contributed by atoms with E-state index >= 15 is 0 Å². The zero-order valence-corrected chi connectivity index (χ0v) is 19.9. The van der Waals surface area contributed by atoms with E-state index < -0.39 is 18.1 Å². The van der Waals surface area contributed by atoms with E-state index in [2.05, 4.69) is 43.3 Å². The fourth-order valence-corrected chi connectivity index (χ4v) is 5.30. The van der Waals surface area contributed by atoms with Crippen molar-refractivity contribution in [3.63, 3.8) is 0 Å². The normalized spacial score (nSPS) is 26.6. The lowest BCUT2D eigenvalue weighted by molar-refractivity contribution is -0.192. The van der Waals surface area contributed by atoms with Crippen LogP contribution in [0.15, 0.2) is 30.3 Å². The molecule has 35 heavy (non-hydrogen) atoms. The Hall–Kier alpha value is -2.82. The molecule has 11 heteroatoms. The van der Waals surface area contributed by atoms with E-state index in [1.807, 2.05) is 11.0 Å². The Morgan fingerprint density at radius 2 is 1.60 bits per heavy atom. The van der Waals surface area contributed by atoms with Gasteiger partial charge in [0.2, 0.25) is 0 Å². The number of carbonyl (C=O) groups is 3. The highest BCUT2D eigenvalue weighted by atomic mass is 19.4. The molecule has 1 aromatic carbocycles. The minimum Gasteiger partial charge on any atom is -0.480 e. The molecule has 3 aliphatic rings. The van der Waals surface area contributed by atoms with Gasteiger partial charge in [-0.1, -0.05) is 30.3 Å². The van der Waals surface area contributed by atoms with E-state index in [1.165, 1.54) is 18.4 Å². The van der Waals surface area contributed by atoms with Crippen molar-refractivity contribution in [2.45, 2.75) is 55.8 Å². The molecule has 2 saturated carbocycles. The molecule has 0 unspecified atom stereocenters. The number of amides is 2. The van der Waals surface area contributed by atoms with E-state index in [0.717, 1.165) is 32.2 Å². The average molecular weight is 500 g/mol. The molecule has 2 N–H and O–H groups in total. The number of carboxylic acids is 2. The summed E-state index contributed by atoms with van der Waals surface area (Å²) >= 11 is 0. The Morgan fingerprint density at radius 3 is 2.03 bits per heavy atom. The number of carboxylic acid groups (broad SMARTS) is 2. The highest BCUT2D eigenvalue weighted by molar-refractivity contribution is 5.83. The monoisotopic (exact) mass is 499 g/mol. The molecule has 1 aliphatic heterocycles. The molecule has 0 radical (unpaired) electrons. The van der Waals surface area contributed by atoms with Crippen LogP contribution < -0.4 is 0 Å². The van der Waals surface area contributed by atoms with Crippen molar-refractivity contribution in [1.29, 1.82) is 0 Å². The standard InChI is InChI=1S/C22H31N3O3.C2HF3O2/c1-23(2)22(18-6-4-3-5-7-18)12-10-21(11-13-22)16-24(15-19(26)27)20(28)25(21)14-17-8-9-17;3-2(4,5)1(6)7/h3-7,17H,8-16H2,1-2H3,(H,26,27);(H,6,7). The first kappa shape index (κ1) is 26.8. The van der Waals surface area contributed by atoms with Crippen molar-refractivity contribution >= 4 is 18.0 Å². The third kappa shape index (κ3) is 5.88. The van der Waals surface area contributed by atoms with Gasteiger partial charge in [-0.15, -0.1) is 0 Å². The molecule has 4 rings (SSSR count). The lowest BCUT2D eigenvalue weighted by Gasteiger charge is -2.51. The maximum absolute atomic E-state index is 13.0. The van der Waals surface area contributed by atoms with Crippen LogP contribution in [0.2, 0.25) is 0 Å². The number of carbonyl (C=O) groups excluding carboxylic acids is 1. The molecule has 1 heterocycles. The minimum atomic E-state index is -5.08. The molecule has 1 saturated heterocycles. The summed E-state index contributed by atoms with van der Waals surface area (Å²) in [6, 6.07) is 10.6. The first-order chi connectivity index (χ1) is 16.3. The third-order valence-electron chi connectivity index (χ3n) is 7.44. The Balaban J connectivity index is 0.000000429. The van der Waals surface area contributed by atoms with Gasteiger partial charge < -0.3 is 20.0 Å². The Kier molecular flexibility index (Phi) is 7.68. The summed E-state index contributed by atoms with van der Waals surface area (Å²) in [5.74, 6) is -3.09. The maximum atomic E-state index is 13.0. The van der Waals surface area contributed by atoms with E-state index in [0.29, 0.717) is 12.5 Å². The molecule has 0 atom stereocenters. The lowest BCUT2D eigenvalue weighted by atomic mass is 9.68. The molecule has 2 aliphatic carbocycles. The van der Waals surface area contributed by atoms with Crippen LogP contribution in [0.25, 0.3) is 0 Å². The zero-order valence-electron chi connectivity index (χ0n) is 19.9. The molecule has 3 fully saturated rings. The van der Waals surface area contributed by atoms with Crippen LogP contribution in [0.3, 0.4) is 0 Å². The quantitative estimate of drug-likeness (QED) is 0.620. The predicted molar refractivity (Wildman–Crippen MR) is 121 cm³/mol. The summed E-state index contributed by atoms with van der Waals surface area (Å²) in [5, 5.41) is 16.4. The number of benzene rings is 1. The summed E-state index contributed by atoms with van der Waals surface area (Å²) in [6.07, 6.45) is 1.05. The van der Waals surface area contributed by atoms with Crippen molar-refractivity contribution in [1.82, 2.24) is 14.7 Å². The second-order valence-corrected chi connectivity index (χ2v) is 9.91. The van der Waals surface area contributed by atoms with Gasteiger partial charge in [0.05, 0.1) is 5.54 Å². The van der Waals surface area contributed by atoms with Gasteiger partial charge in [0, 0.05) is 18.6 Å². The fourth-order valence-electron chi connectivity index (χ4n) is 5.30. The van der Waals surface area contributed by atoms with E-state index in [-0.39, 0.29) is 23.7 Å². The molecule has 2 amide bonds. The van der Waals surface area contributed by atoms with Gasteiger partial charge in [-0.3, -0.25) is 9.69 Å². The van der Waals surface area contributed by atoms with E-state index in [1.54, 1.807) is 4.90 Å². The number of urea groups is 1. The topological polar surface area (TPSA) is 101 Å². The Labute approximate surface area is 202 Å². The lowest BCUT2D eigenvalue weighted by Crippen LogP contribution is -2.55. The number of hydrogen-bond donors (Lipinski definition) is 2. The Morgan fingerprint density at radius 1 is 1.06 bits per heavy atom. The van der Waals surface area contributed by atoms with Crippen molar-refractivity contribution in [3.05, 3.63) is 35.9 Å². The predicted octanol–water partition coefficient (Wildman–Crippen LogP) is 3.62. The molecule has 1 spiro atoms. The molecular formula is C24H32F3N3O5. The largest absolute Gasteiger partial charge is 0.490 e. The number of hydrogen-bond acceptors (Lipinski definition) is 4. The summed E-state index contributed by atoms with van der Waals surface area (Å²) in [6.45, 7) is 1.14. The van der Waals surface area contributed by atoms with Crippen LogP contribution in [-0.4, -0.2) is 88.3 Å². The van der Waals surface area contributed by atoms with Gasteiger partial charge in [-0.2, -0.15) is 13.2 Å².